The first-order valence-corrected chi connectivity index (χ1v) is 6.91. The molecule has 0 aromatic heterocycles. The molecule has 1 saturated carbocycles. The first-order valence-electron chi connectivity index (χ1n) is 6.91. The van der Waals surface area contributed by atoms with E-state index in [-0.39, 0.29) is 0 Å². The second kappa shape index (κ2) is 5.99. The Balaban J connectivity index is 1.81. The van der Waals surface area contributed by atoms with Crippen LogP contribution in [0.1, 0.15) is 39.0 Å². The van der Waals surface area contributed by atoms with Gasteiger partial charge in [0.05, 0.1) is 6.61 Å². The summed E-state index contributed by atoms with van der Waals surface area (Å²) in [5.74, 6) is 0.835. The van der Waals surface area contributed by atoms with E-state index in [2.05, 4.69) is 17.1 Å². The molecule has 94 valence electrons. The number of rotatable bonds is 6. The summed E-state index contributed by atoms with van der Waals surface area (Å²) in [4.78, 5) is 2.43. The van der Waals surface area contributed by atoms with E-state index < -0.39 is 0 Å². The number of β-amino-alcohol motifs (C(OH)–C–C–N with tert-alkyl or cyclic N) is 1. The molecular weight excluding hydrogens is 200 g/mol. The van der Waals surface area contributed by atoms with Gasteiger partial charge < -0.3 is 10.4 Å². The maximum Gasteiger partial charge on any atom is 0.0558 e. The first-order chi connectivity index (χ1) is 7.81. The van der Waals surface area contributed by atoms with Crippen molar-refractivity contribution in [2.75, 3.05) is 26.2 Å². The fourth-order valence-corrected chi connectivity index (χ4v) is 2.95. The Kier molecular flexibility index (Phi) is 4.62. The van der Waals surface area contributed by atoms with Crippen molar-refractivity contribution in [1.82, 2.24) is 10.2 Å². The molecule has 2 fully saturated rings. The second-order valence-electron chi connectivity index (χ2n) is 5.51. The number of aliphatic hydroxyl groups is 1. The number of nitrogens with one attached hydrogen (secondary N) is 1. The maximum absolute atomic E-state index is 9.05. The van der Waals surface area contributed by atoms with Crippen LogP contribution in [-0.4, -0.2) is 48.3 Å². The van der Waals surface area contributed by atoms with E-state index >= 15 is 0 Å². The molecule has 1 aliphatic heterocycles. The number of aliphatic hydroxyl groups excluding tert-OH is 1. The largest absolute Gasteiger partial charge is 0.395 e. The molecule has 0 amide bonds. The van der Waals surface area contributed by atoms with Crippen LogP contribution in [0.2, 0.25) is 0 Å². The average molecular weight is 226 g/mol. The number of hydrogen-bond acceptors (Lipinski definition) is 3. The molecule has 1 aliphatic carbocycles. The summed E-state index contributed by atoms with van der Waals surface area (Å²) in [6.07, 6.45) is 6.70. The van der Waals surface area contributed by atoms with Crippen molar-refractivity contribution in [2.45, 2.75) is 51.1 Å². The Morgan fingerprint density at radius 3 is 2.69 bits per heavy atom. The molecular formula is C13H26N2O. The smallest absolute Gasteiger partial charge is 0.0558 e. The van der Waals surface area contributed by atoms with E-state index in [1.165, 1.54) is 38.6 Å². The Bertz CT molecular complexity index is 192. The highest BCUT2D eigenvalue weighted by Gasteiger charge is 2.30. The minimum atomic E-state index is 0.301. The van der Waals surface area contributed by atoms with E-state index in [0.29, 0.717) is 12.6 Å². The SMILES string of the molecule is CCCC1CC(NC2CC2)CN(CCO)C1. The molecule has 1 heterocycles. The van der Waals surface area contributed by atoms with Crippen LogP contribution in [0.3, 0.4) is 0 Å². The zero-order valence-corrected chi connectivity index (χ0v) is 10.5. The van der Waals surface area contributed by atoms with Gasteiger partial charge >= 0.3 is 0 Å². The Hall–Kier alpha value is -0.120. The van der Waals surface area contributed by atoms with Crippen LogP contribution in [-0.2, 0) is 0 Å². The zero-order chi connectivity index (χ0) is 11.4. The molecule has 0 aromatic carbocycles. The monoisotopic (exact) mass is 226 g/mol. The van der Waals surface area contributed by atoms with Gasteiger partial charge in [-0.3, -0.25) is 4.90 Å². The lowest BCUT2D eigenvalue weighted by Crippen LogP contribution is -2.50. The number of likely N-dealkylation sites (tertiary alicyclic amines) is 1. The van der Waals surface area contributed by atoms with E-state index in [4.69, 9.17) is 5.11 Å². The van der Waals surface area contributed by atoms with Gasteiger partial charge in [-0.2, -0.15) is 0 Å². The third kappa shape index (κ3) is 3.72. The van der Waals surface area contributed by atoms with Gasteiger partial charge in [0.2, 0.25) is 0 Å². The molecule has 2 unspecified atom stereocenters. The van der Waals surface area contributed by atoms with Crippen molar-refractivity contribution in [3.05, 3.63) is 0 Å². The Morgan fingerprint density at radius 1 is 1.25 bits per heavy atom. The van der Waals surface area contributed by atoms with E-state index in [0.717, 1.165) is 25.0 Å². The van der Waals surface area contributed by atoms with Gasteiger partial charge in [-0.05, 0) is 31.6 Å². The van der Waals surface area contributed by atoms with E-state index in [9.17, 15) is 0 Å². The summed E-state index contributed by atoms with van der Waals surface area (Å²) >= 11 is 0. The van der Waals surface area contributed by atoms with Crippen LogP contribution in [0.15, 0.2) is 0 Å². The number of nitrogens with zero attached hydrogens (tertiary/aromatic N) is 1. The Labute approximate surface area is 99.2 Å². The molecule has 2 aliphatic rings. The van der Waals surface area contributed by atoms with Crippen LogP contribution in [0.5, 0.6) is 0 Å². The predicted octanol–water partition coefficient (Wildman–Crippen LogP) is 1.22. The van der Waals surface area contributed by atoms with Gasteiger partial charge in [-0.15, -0.1) is 0 Å². The van der Waals surface area contributed by atoms with E-state index in [1.54, 1.807) is 0 Å². The zero-order valence-electron chi connectivity index (χ0n) is 10.5. The summed E-state index contributed by atoms with van der Waals surface area (Å²) in [5, 5.41) is 12.8. The van der Waals surface area contributed by atoms with Crippen LogP contribution in [0, 0.1) is 5.92 Å². The van der Waals surface area contributed by atoms with Crippen LogP contribution < -0.4 is 5.32 Å². The molecule has 2 rings (SSSR count). The van der Waals surface area contributed by atoms with Crippen molar-refractivity contribution in [3.8, 4) is 0 Å². The summed E-state index contributed by atoms with van der Waals surface area (Å²) in [7, 11) is 0. The van der Waals surface area contributed by atoms with Crippen molar-refractivity contribution in [1.29, 1.82) is 0 Å². The molecule has 3 heteroatoms. The summed E-state index contributed by atoms with van der Waals surface area (Å²) < 4.78 is 0. The fraction of sp³-hybridized carbons (Fsp3) is 1.00. The lowest BCUT2D eigenvalue weighted by molar-refractivity contribution is 0.111. The van der Waals surface area contributed by atoms with E-state index in [1.807, 2.05) is 0 Å². The van der Waals surface area contributed by atoms with Crippen molar-refractivity contribution < 1.29 is 5.11 Å². The highest BCUT2D eigenvalue weighted by Crippen LogP contribution is 2.25. The third-order valence-electron chi connectivity index (χ3n) is 3.77. The van der Waals surface area contributed by atoms with Gasteiger partial charge in [0.25, 0.3) is 0 Å². The molecule has 2 N–H and O–H groups in total. The lowest BCUT2D eigenvalue weighted by Gasteiger charge is -2.38. The second-order valence-corrected chi connectivity index (χ2v) is 5.51. The van der Waals surface area contributed by atoms with Gasteiger partial charge in [0.15, 0.2) is 0 Å². The van der Waals surface area contributed by atoms with Crippen LogP contribution in [0.4, 0.5) is 0 Å². The van der Waals surface area contributed by atoms with Crippen LogP contribution >= 0.6 is 0 Å². The van der Waals surface area contributed by atoms with Crippen molar-refractivity contribution in [3.63, 3.8) is 0 Å². The third-order valence-corrected chi connectivity index (χ3v) is 3.77. The van der Waals surface area contributed by atoms with Gasteiger partial charge in [-0.1, -0.05) is 13.3 Å². The standard InChI is InChI=1S/C13H26N2O/c1-2-3-11-8-13(14-12-4-5-12)10-15(9-11)6-7-16/h11-14,16H,2-10H2,1H3. The quantitative estimate of drug-likeness (QED) is 0.715. The number of hydrogen-bond donors (Lipinski definition) is 2. The molecule has 0 spiro atoms. The predicted molar refractivity (Wildman–Crippen MR) is 66.5 cm³/mol. The summed E-state index contributed by atoms with van der Waals surface area (Å²) in [5.41, 5.74) is 0. The summed E-state index contributed by atoms with van der Waals surface area (Å²) in [6, 6.07) is 1.48. The molecule has 0 aromatic rings. The minimum Gasteiger partial charge on any atom is -0.395 e. The minimum absolute atomic E-state index is 0.301. The van der Waals surface area contributed by atoms with Crippen molar-refractivity contribution in [2.24, 2.45) is 5.92 Å². The van der Waals surface area contributed by atoms with Crippen LogP contribution in [0.25, 0.3) is 0 Å². The fourth-order valence-electron chi connectivity index (χ4n) is 2.95. The molecule has 0 radical (unpaired) electrons. The molecule has 16 heavy (non-hydrogen) atoms. The van der Waals surface area contributed by atoms with Gasteiger partial charge in [0, 0.05) is 31.7 Å². The normalized spacial score (nSPS) is 31.9. The maximum atomic E-state index is 9.05. The molecule has 3 nitrogen and oxygen atoms in total. The van der Waals surface area contributed by atoms with Crippen molar-refractivity contribution >= 4 is 0 Å². The summed E-state index contributed by atoms with van der Waals surface area (Å²) in [6.45, 7) is 5.75. The highest BCUT2D eigenvalue weighted by atomic mass is 16.3. The molecule has 0 bridgehead atoms. The van der Waals surface area contributed by atoms with Gasteiger partial charge in [-0.25, -0.2) is 0 Å². The molecule has 2 atom stereocenters. The lowest BCUT2D eigenvalue weighted by atomic mass is 9.90. The topological polar surface area (TPSA) is 35.5 Å². The molecule has 1 saturated heterocycles. The highest BCUT2D eigenvalue weighted by molar-refractivity contribution is 4.90. The van der Waals surface area contributed by atoms with Gasteiger partial charge in [0.1, 0.15) is 0 Å². The number of piperidine rings is 1. The average Bonchev–Trinajstić information content (AvgIpc) is 3.02. The first kappa shape index (κ1) is 12.3. The Morgan fingerprint density at radius 2 is 2.06 bits per heavy atom.